The second-order valence-corrected chi connectivity index (χ2v) is 4.79. The molecule has 0 saturated carbocycles. The zero-order valence-corrected chi connectivity index (χ0v) is 11.8. The molecule has 2 aromatic carbocycles. The van der Waals surface area contributed by atoms with Crippen LogP contribution in [-0.4, -0.2) is 10.8 Å². The first kappa shape index (κ1) is 14.5. The quantitative estimate of drug-likeness (QED) is 0.572. The van der Waals surface area contributed by atoms with E-state index in [0.29, 0.717) is 11.0 Å². The number of fused-ring (bicyclic) bond motifs is 1. The van der Waals surface area contributed by atoms with Gasteiger partial charge in [0.1, 0.15) is 11.1 Å². The Bertz CT molecular complexity index is 978. The first-order valence-electron chi connectivity index (χ1n) is 6.68. The Morgan fingerprint density at radius 1 is 1.13 bits per heavy atom. The number of non-ortho nitro benzene ring substituents is 1. The summed E-state index contributed by atoms with van der Waals surface area (Å²) in [6, 6.07) is 14.2. The van der Waals surface area contributed by atoms with E-state index in [2.05, 4.69) is 5.32 Å². The van der Waals surface area contributed by atoms with E-state index in [-0.39, 0.29) is 22.5 Å². The van der Waals surface area contributed by atoms with Crippen LogP contribution >= 0.6 is 0 Å². The summed E-state index contributed by atoms with van der Waals surface area (Å²) in [4.78, 5) is 22.5. The number of hydrogen-bond donors (Lipinski definition) is 2. The van der Waals surface area contributed by atoms with Crippen LogP contribution in [0.15, 0.2) is 59.0 Å². The van der Waals surface area contributed by atoms with Crippen molar-refractivity contribution in [2.45, 2.75) is 0 Å². The van der Waals surface area contributed by atoms with Crippen molar-refractivity contribution in [2.24, 2.45) is 0 Å². The predicted octanol–water partition coefficient (Wildman–Crippen LogP) is 3.07. The largest absolute Gasteiger partial charge is 0.438 e. The van der Waals surface area contributed by atoms with Gasteiger partial charge in [0, 0.05) is 23.2 Å². The Morgan fingerprint density at radius 2 is 1.91 bits per heavy atom. The van der Waals surface area contributed by atoms with Crippen molar-refractivity contribution in [1.82, 2.24) is 0 Å². The Balaban J connectivity index is 1.94. The second-order valence-electron chi connectivity index (χ2n) is 4.79. The molecule has 0 saturated heterocycles. The molecule has 3 rings (SSSR count). The highest BCUT2D eigenvalue weighted by Gasteiger charge is 2.13. The SMILES string of the molecule is N=c1oc2ccccc2cc1C(=O)Nc1cccc([N+](=O)[O-])c1. The number of nitrogens with one attached hydrogen (secondary N) is 2. The summed E-state index contributed by atoms with van der Waals surface area (Å²) in [5.41, 5.74) is 0.431. The van der Waals surface area contributed by atoms with E-state index in [9.17, 15) is 14.9 Å². The van der Waals surface area contributed by atoms with Crippen LogP contribution in [-0.2, 0) is 0 Å². The van der Waals surface area contributed by atoms with Gasteiger partial charge in [0.15, 0.2) is 0 Å². The molecule has 3 aromatic rings. The fraction of sp³-hybridized carbons (Fsp3) is 0. The number of carbonyl (C=O) groups is 1. The maximum atomic E-state index is 12.3. The van der Waals surface area contributed by atoms with Gasteiger partial charge in [-0.1, -0.05) is 24.3 Å². The molecule has 0 aliphatic rings. The number of rotatable bonds is 3. The molecule has 0 aliphatic heterocycles. The number of carbonyl (C=O) groups excluding carboxylic acids is 1. The van der Waals surface area contributed by atoms with E-state index in [1.807, 2.05) is 0 Å². The Hall–Kier alpha value is -3.48. The molecule has 0 fully saturated rings. The van der Waals surface area contributed by atoms with E-state index in [1.165, 1.54) is 24.3 Å². The Labute approximate surface area is 129 Å². The van der Waals surface area contributed by atoms with E-state index in [0.717, 1.165) is 0 Å². The molecule has 1 amide bonds. The van der Waals surface area contributed by atoms with Crippen LogP contribution in [0.4, 0.5) is 11.4 Å². The minimum absolute atomic E-state index is 0.0511. The predicted molar refractivity (Wildman–Crippen MR) is 83.1 cm³/mol. The van der Waals surface area contributed by atoms with E-state index < -0.39 is 10.8 Å². The van der Waals surface area contributed by atoms with Crippen LogP contribution in [0.5, 0.6) is 0 Å². The lowest BCUT2D eigenvalue weighted by molar-refractivity contribution is -0.384. The number of nitro groups is 1. The molecule has 114 valence electrons. The molecule has 0 spiro atoms. The van der Waals surface area contributed by atoms with Gasteiger partial charge in [0.2, 0.25) is 5.55 Å². The molecule has 0 bridgehead atoms. The number of para-hydroxylation sites is 1. The highest BCUT2D eigenvalue weighted by Crippen LogP contribution is 2.18. The fourth-order valence-corrected chi connectivity index (χ4v) is 2.14. The third kappa shape index (κ3) is 2.93. The van der Waals surface area contributed by atoms with Gasteiger partial charge in [0.05, 0.1) is 4.92 Å². The first-order valence-corrected chi connectivity index (χ1v) is 6.68. The molecule has 2 N–H and O–H groups in total. The molecule has 0 aliphatic carbocycles. The summed E-state index contributed by atoms with van der Waals surface area (Å²) >= 11 is 0. The van der Waals surface area contributed by atoms with Crippen LogP contribution in [0.2, 0.25) is 0 Å². The molecule has 1 heterocycles. The number of anilines is 1. The van der Waals surface area contributed by atoms with Crippen LogP contribution in [0.1, 0.15) is 10.4 Å². The van der Waals surface area contributed by atoms with Gasteiger partial charge in [-0.25, -0.2) is 0 Å². The highest BCUT2D eigenvalue weighted by atomic mass is 16.6. The number of hydrogen-bond acceptors (Lipinski definition) is 5. The monoisotopic (exact) mass is 309 g/mol. The van der Waals surface area contributed by atoms with Gasteiger partial charge >= 0.3 is 0 Å². The van der Waals surface area contributed by atoms with Crippen molar-refractivity contribution in [3.8, 4) is 0 Å². The van der Waals surface area contributed by atoms with Crippen LogP contribution in [0, 0.1) is 15.5 Å². The van der Waals surface area contributed by atoms with E-state index in [1.54, 1.807) is 30.3 Å². The zero-order chi connectivity index (χ0) is 16.4. The van der Waals surface area contributed by atoms with Gasteiger partial charge in [0.25, 0.3) is 11.6 Å². The zero-order valence-electron chi connectivity index (χ0n) is 11.8. The minimum atomic E-state index is -0.565. The number of amides is 1. The fourth-order valence-electron chi connectivity index (χ4n) is 2.14. The summed E-state index contributed by atoms with van der Waals surface area (Å²) in [6.45, 7) is 0. The van der Waals surface area contributed by atoms with Crippen molar-refractivity contribution in [1.29, 1.82) is 5.41 Å². The lowest BCUT2D eigenvalue weighted by Crippen LogP contribution is -2.20. The summed E-state index contributed by atoms with van der Waals surface area (Å²) in [5, 5.41) is 21.8. The highest BCUT2D eigenvalue weighted by molar-refractivity contribution is 6.05. The Morgan fingerprint density at radius 3 is 2.70 bits per heavy atom. The van der Waals surface area contributed by atoms with Crippen molar-refractivity contribution in [3.63, 3.8) is 0 Å². The van der Waals surface area contributed by atoms with Crippen LogP contribution in [0.25, 0.3) is 11.0 Å². The molecule has 0 atom stereocenters. The molecule has 0 unspecified atom stereocenters. The number of benzene rings is 2. The maximum Gasteiger partial charge on any atom is 0.271 e. The topological polar surface area (TPSA) is 109 Å². The maximum absolute atomic E-state index is 12.3. The standard InChI is InChI=1S/C16H11N3O4/c17-15-13(8-10-4-1-2-7-14(10)23-15)16(20)18-11-5-3-6-12(9-11)19(21)22/h1-9,17H,(H,18,20). The third-order valence-corrected chi connectivity index (χ3v) is 3.23. The lowest BCUT2D eigenvalue weighted by Gasteiger charge is -2.06. The number of nitrogens with zero attached hydrogens (tertiary/aromatic N) is 1. The number of nitro benzene ring substituents is 1. The van der Waals surface area contributed by atoms with Crippen molar-refractivity contribution in [2.75, 3.05) is 5.32 Å². The van der Waals surface area contributed by atoms with Gasteiger partial charge in [-0.15, -0.1) is 0 Å². The van der Waals surface area contributed by atoms with Gasteiger partial charge in [-0.3, -0.25) is 20.3 Å². The molecule has 7 heteroatoms. The Kier molecular flexibility index (Phi) is 3.60. The van der Waals surface area contributed by atoms with Crippen molar-refractivity contribution < 1.29 is 14.1 Å². The summed E-state index contributed by atoms with van der Waals surface area (Å²) < 4.78 is 5.31. The van der Waals surface area contributed by atoms with Gasteiger partial charge in [-0.05, 0) is 18.2 Å². The van der Waals surface area contributed by atoms with Crippen LogP contribution in [0.3, 0.4) is 0 Å². The molecule has 23 heavy (non-hydrogen) atoms. The average Bonchev–Trinajstić information content (AvgIpc) is 2.54. The summed E-state index contributed by atoms with van der Waals surface area (Å²) in [5.74, 6) is -0.565. The molecule has 7 nitrogen and oxygen atoms in total. The molecule has 1 aromatic heterocycles. The second kappa shape index (κ2) is 5.72. The van der Waals surface area contributed by atoms with Gasteiger partial charge in [-0.2, -0.15) is 0 Å². The van der Waals surface area contributed by atoms with Crippen molar-refractivity contribution in [3.05, 3.63) is 75.8 Å². The molecular formula is C16H11N3O4. The summed E-state index contributed by atoms with van der Waals surface area (Å²) in [7, 11) is 0. The van der Waals surface area contributed by atoms with E-state index in [4.69, 9.17) is 9.83 Å². The van der Waals surface area contributed by atoms with Crippen LogP contribution < -0.4 is 10.9 Å². The smallest absolute Gasteiger partial charge is 0.271 e. The third-order valence-electron chi connectivity index (χ3n) is 3.23. The minimum Gasteiger partial charge on any atom is -0.438 e. The lowest BCUT2D eigenvalue weighted by atomic mass is 10.1. The first-order chi connectivity index (χ1) is 11.0. The molecule has 0 radical (unpaired) electrons. The summed E-state index contributed by atoms with van der Waals surface area (Å²) in [6.07, 6.45) is 0. The molecular weight excluding hydrogens is 298 g/mol. The average molecular weight is 309 g/mol. The van der Waals surface area contributed by atoms with E-state index >= 15 is 0 Å². The normalized spacial score (nSPS) is 10.4. The van der Waals surface area contributed by atoms with Gasteiger partial charge < -0.3 is 9.73 Å². The van der Waals surface area contributed by atoms with Crippen molar-refractivity contribution >= 4 is 28.3 Å².